The highest BCUT2D eigenvalue weighted by Gasteiger charge is 2.36. The van der Waals surface area contributed by atoms with Crippen LogP contribution in [0.5, 0.6) is 5.75 Å². The van der Waals surface area contributed by atoms with Gasteiger partial charge in [-0.1, -0.05) is 6.07 Å². The molecule has 1 aromatic rings. The van der Waals surface area contributed by atoms with E-state index >= 15 is 0 Å². The van der Waals surface area contributed by atoms with Crippen molar-refractivity contribution in [3.8, 4) is 5.75 Å². The Morgan fingerprint density at radius 3 is 2.79 bits per heavy atom. The van der Waals surface area contributed by atoms with Crippen LogP contribution in [0.1, 0.15) is 42.9 Å². The molecular formula is C17H20F3NO3. The van der Waals surface area contributed by atoms with Crippen molar-refractivity contribution in [3.63, 3.8) is 0 Å². The summed E-state index contributed by atoms with van der Waals surface area (Å²) in [6.45, 7) is 0.615. The van der Waals surface area contributed by atoms with E-state index in [-0.39, 0.29) is 12.0 Å². The number of rotatable bonds is 5. The summed E-state index contributed by atoms with van der Waals surface area (Å²) in [5.41, 5.74) is 1.90. The maximum Gasteiger partial charge on any atom is 0.389 e. The third-order valence-electron chi connectivity index (χ3n) is 4.65. The number of aliphatic hydroxyl groups excluding tert-OH is 1. The van der Waals surface area contributed by atoms with Gasteiger partial charge < -0.3 is 15.2 Å². The van der Waals surface area contributed by atoms with Crippen molar-refractivity contribution >= 4 is 5.91 Å². The predicted octanol–water partition coefficient (Wildman–Crippen LogP) is 2.89. The van der Waals surface area contributed by atoms with Gasteiger partial charge in [0, 0.05) is 12.8 Å². The number of ether oxygens (including phenoxy) is 1. The summed E-state index contributed by atoms with van der Waals surface area (Å²) in [7, 11) is 0. The molecule has 1 aliphatic heterocycles. The number of aliphatic hydroxyl groups is 1. The van der Waals surface area contributed by atoms with Crippen LogP contribution < -0.4 is 10.1 Å². The summed E-state index contributed by atoms with van der Waals surface area (Å²) >= 11 is 0. The summed E-state index contributed by atoms with van der Waals surface area (Å²) in [5.74, 6) is 0.236. The SMILES string of the molecule is O=C(CCC(F)(F)F)N[C@@H](c1ccc2c(c1)CCO2)C1CC(O)C1. The topological polar surface area (TPSA) is 58.6 Å². The third-order valence-corrected chi connectivity index (χ3v) is 4.65. The highest BCUT2D eigenvalue weighted by Crippen LogP contribution is 2.40. The molecule has 0 saturated heterocycles. The van der Waals surface area contributed by atoms with E-state index in [9.17, 15) is 23.1 Å². The molecule has 1 aliphatic carbocycles. The molecule has 0 radical (unpaired) electrons. The molecule has 2 N–H and O–H groups in total. The summed E-state index contributed by atoms with van der Waals surface area (Å²) in [4.78, 5) is 11.9. The number of alkyl halides is 3. The molecule has 3 rings (SSSR count). The lowest BCUT2D eigenvalue weighted by molar-refractivity contribution is -0.144. The lowest BCUT2D eigenvalue weighted by Crippen LogP contribution is -2.41. The third kappa shape index (κ3) is 4.01. The lowest BCUT2D eigenvalue weighted by atomic mass is 9.74. The van der Waals surface area contributed by atoms with Crippen LogP contribution in [0, 0.1) is 5.92 Å². The van der Waals surface area contributed by atoms with Crippen molar-refractivity contribution in [2.75, 3.05) is 6.61 Å². The Kier molecular flexibility index (Phi) is 4.71. The van der Waals surface area contributed by atoms with Gasteiger partial charge in [-0.25, -0.2) is 0 Å². The first kappa shape index (κ1) is 17.1. The van der Waals surface area contributed by atoms with E-state index in [1.54, 1.807) is 0 Å². The summed E-state index contributed by atoms with van der Waals surface area (Å²) in [6, 6.07) is 5.24. The number of amides is 1. The van der Waals surface area contributed by atoms with E-state index in [0.29, 0.717) is 19.4 Å². The summed E-state index contributed by atoms with van der Waals surface area (Å²) in [5, 5.41) is 12.3. The van der Waals surface area contributed by atoms with Crippen LogP contribution in [0.2, 0.25) is 0 Å². The van der Waals surface area contributed by atoms with Crippen molar-refractivity contribution in [1.82, 2.24) is 5.32 Å². The quantitative estimate of drug-likeness (QED) is 0.864. The highest BCUT2D eigenvalue weighted by molar-refractivity contribution is 5.76. The van der Waals surface area contributed by atoms with E-state index in [4.69, 9.17) is 4.74 Å². The zero-order chi connectivity index (χ0) is 17.3. The average molecular weight is 343 g/mol. The van der Waals surface area contributed by atoms with Crippen LogP contribution in [0.4, 0.5) is 13.2 Å². The Morgan fingerprint density at radius 2 is 2.12 bits per heavy atom. The van der Waals surface area contributed by atoms with Gasteiger partial charge in [-0.15, -0.1) is 0 Å². The number of benzene rings is 1. The van der Waals surface area contributed by atoms with Gasteiger partial charge in [0.25, 0.3) is 0 Å². The Labute approximate surface area is 138 Å². The van der Waals surface area contributed by atoms with Gasteiger partial charge in [-0.05, 0) is 42.0 Å². The molecule has 4 nitrogen and oxygen atoms in total. The first-order chi connectivity index (χ1) is 11.3. The van der Waals surface area contributed by atoms with Crippen LogP contribution in [-0.4, -0.2) is 29.9 Å². The monoisotopic (exact) mass is 343 g/mol. The van der Waals surface area contributed by atoms with E-state index in [1.165, 1.54) is 0 Å². The molecule has 7 heteroatoms. The molecule has 132 valence electrons. The largest absolute Gasteiger partial charge is 0.493 e. The van der Waals surface area contributed by atoms with E-state index in [1.807, 2.05) is 18.2 Å². The first-order valence-electron chi connectivity index (χ1n) is 8.11. The van der Waals surface area contributed by atoms with E-state index in [2.05, 4.69) is 5.32 Å². The van der Waals surface area contributed by atoms with E-state index in [0.717, 1.165) is 23.3 Å². The van der Waals surface area contributed by atoms with Gasteiger partial charge in [0.15, 0.2) is 0 Å². The Morgan fingerprint density at radius 1 is 1.38 bits per heavy atom. The molecule has 2 aliphatic rings. The maximum absolute atomic E-state index is 12.3. The van der Waals surface area contributed by atoms with Crippen molar-refractivity contribution in [2.45, 2.75) is 50.4 Å². The minimum atomic E-state index is -4.34. The maximum atomic E-state index is 12.3. The smallest absolute Gasteiger partial charge is 0.389 e. The predicted molar refractivity (Wildman–Crippen MR) is 80.5 cm³/mol. The van der Waals surface area contributed by atoms with Crippen molar-refractivity contribution in [1.29, 1.82) is 0 Å². The number of fused-ring (bicyclic) bond motifs is 1. The van der Waals surface area contributed by atoms with Gasteiger partial charge in [0.2, 0.25) is 5.91 Å². The number of carbonyl (C=O) groups excluding carboxylic acids is 1. The fraction of sp³-hybridized carbons (Fsp3) is 0.588. The molecule has 0 aromatic heterocycles. The van der Waals surface area contributed by atoms with Crippen LogP contribution in [0.25, 0.3) is 0 Å². The fourth-order valence-electron chi connectivity index (χ4n) is 3.28. The zero-order valence-corrected chi connectivity index (χ0v) is 13.1. The molecule has 1 fully saturated rings. The number of hydrogen-bond donors (Lipinski definition) is 2. The minimum Gasteiger partial charge on any atom is -0.493 e. The normalized spacial score (nSPS) is 23.8. The minimum absolute atomic E-state index is 0.0372. The second kappa shape index (κ2) is 6.63. The number of nitrogens with one attached hydrogen (secondary N) is 1. The van der Waals surface area contributed by atoms with Crippen molar-refractivity contribution < 1.29 is 27.8 Å². The molecule has 1 aromatic carbocycles. The molecule has 0 bridgehead atoms. The number of halogens is 3. The van der Waals surface area contributed by atoms with Gasteiger partial charge in [-0.2, -0.15) is 13.2 Å². The van der Waals surface area contributed by atoms with Crippen molar-refractivity contribution in [3.05, 3.63) is 29.3 Å². The molecule has 24 heavy (non-hydrogen) atoms. The van der Waals surface area contributed by atoms with Gasteiger partial charge in [0.1, 0.15) is 5.75 Å². The highest BCUT2D eigenvalue weighted by atomic mass is 19.4. The van der Waals surface area contributed by atoms with E-state index < -0.39 is 31.0 Å². The number of carbonyl (C=O) groups is 1. The number of hydrogen-bond acceptors (Lipinski definition) is 3. The Balaban J connectivity index is 1.71. The zero-order valence-electron chi connectivity index (χ0n) is 13.1. The average Bonchev–Trinajstić information content (AvgIpc) is 2.94. The van der Waals surface area contributed by atoms with Crippen LogP contribution >= 0.6 is 0 Å². The summed E-state index contributed by atoms with van der Waals surface area (Å²) < 4.78 is 42.3. The molecule has 0 unspecified atom stereocenters. The molecule has 1 saturated carbocycles. The van der Waals surface area contributed by atoms with Gasteiger partial charge in [0.05, 0.1) is 25.2 Å². The first-order valence-corrected chi connectivity index (χ1v) is 8.11. The molecule has 1 amide bonds. The lowest BCUT2D eigenvalue weighted by Gasteiger charge is -2.38. The Hall–Kier alpha value is -1.76. The van der Waals surface area contributed by atoms with Crippen LogP contribution in [-0.2, 0) is 11.2 Å². The summed E-state index contributed by atoms with van der Waals surface area (Å²) in [6.07, 6.45) is -4.59. The van der Waals surface area contributed by atoms with Crippen LogP contribution in [0.3, 0.4) is 0 Å². The second-order valence-electron chi connectivity index (χ2n) is 6.51. The van der Waals surface area contributed by atoms with Gasteiger partial charge in [-0.3, -0.25) is 4.79 Å². The standard InChI is InChI=1S/C17H20F3NO3/c18-17(19,20)5-3-15(23)21-16(12-8-13(22)9-12)11-1-2-14-10(7-11)4-6-24-14/h1-2,7,12-13,16,22H,3-6,8-9H2,(H,21,23)/t12?,13?,16-/m0/s1. The van der Waals surface area contributed by atoms with Crippen LogP contribution in [0.15, 0.2) is 18.2 Å². The fourth-order valence-corrected chi connectivity index (χ4v) is 3.28. The van der Waals surface area contributed by atoms with Crippen molar-refractivity contribution in [2.24, 2.45) is 5.92 Å². The molecule has 0 spiro atoms. The Bertz CT molecular complexity index is 612. The van der Waals surface area contributed by atoms with Gasteiger partial charge >= 0.3 is 6.18 Å². The molecule has 1 atom stereocenters. The molecule has 1 heterocycles. The second-order valence-corrected chi connectivity index (χ2v) is 6.51. The molecular weight excluding hydrogens is 323 g/mol.